The second kappa shape index (κ2) is 6.60. The van der Waals surface area contributed by atoms with Gasteiger partial charge in [-0.3, -0.25) is 4.99 Å². The Hall–Kier alpha value is -0.850. The molecule has 0 aromatic heterocycles. The topological polar surface area (TPSA) is 12.4 Å². The molecule has 0 spiro atoms. The van der Waals surface area contributed by atoms with Crippen molar-refractivity contribution in [1.82, 2.24) is 0 Å². The fourth-order valence-electron chi connectivity index (χ4n) is 2.14. The summed E-state index contributed by atoms with van der Waals surface area (Å²) in [4.78, 5) is 3.94. The monoisotopic (exact) mass is 205 g/mol. The minimum atomic E-state index is 0.774. The Morgan fingerprint density at radius 2 is 2.27 bits per heavy atom. The molecule has 0 radical (unpaired) electrons. The van der Waals surface area contributed by atoms with E-state index in [1.165, 1.54) is 19.3 Å². The number of rotatable bonds is 4. The highest BCUT2D eigenvalue weighted by molar-refractivity contribution is 5.70. The molecule has 0 amide bonds. The van der Waals surface area contributed by atoms with Crippen LogP contribution < -0.4 is 0 Å². The fraction of sp³-hybridized carbons (Fsp3) is 0.643. The van der Waals surface area contributed by atoms with Crippen LogP contribution in [0.25, 0.3) is 0 Å². The lowest BCUT2D eigenvalue weighted by Gasteiger charge is -2.25. The molecular formula is C14H23N. The van der Waals surface area contributed by atoms with Gasteiger partial charge in [0.05, 0.1) is 0 Å². The lowest BCUT2D eigenvalue weighted by atomic mass is 9.81. The summed E-state index contributed by atoms with van der Waals surface area (Å²) < 4.78 is 0. The van der Waals surface area contributed by atoms with Crippen LogP contribution in [-0.2, 0) is 0 Å². The SMILES string of the molecule is CC[C@@H]1C=C(C/C=C\C=NC)C(C)CC1. The molecule has 0 aromatic carbocycles. The first-order valence-corrected chi connectivity index (χ1v) is 6.05. The molecule has 0 saturated heterocycles. The molecule has 1 aliphatic carbocycles. The number of hydrogen-bond donors (Lipinski definition) is 0. The maximum atomic E-state index is 3.94. The third kappa shape index (κ3) is 4.03. The van der Waals surface area contributed by atoms with Crippen LogP contribution >= 0.6 is 0 Å². The molecule has 0 fully saturated rings. The Balaban J connectivity index is 2.53. The van der Waals surface area contributed by atoms with Crippen LogP contribution in [0.15, 0.2) is 28.8 Å². The molecule has 0 aromatic rings. The average Bonchev–Trinajstić information content (AvgIpc) is 2.26. The molecule has 1 unspecified atom stereocenters. The van der Waals surface area contributed by atoms with Gasteiger partial charge in [0.2, 0.25) is 0 Å². The zero-order valence-electron chi connectivity index (χ0n) is 10.2. The molecule has 0 aliphatic heterocycles. The zero-order valence-corrected chi connectivity index (χ0v) is 10.2. The van der Waals surface area contributed by atoms with Crippen LogP contribution in [0.3, 0.4) is 0 Å². The number of hydrogen-bond acceptors (Lipinski definition) is 1. The van der Waals surface area contributed by atoms with Crippen molar-refractivity contribution in [2.45, 2.75) is 39.5 Å². The van der Waals surface area contributed by atoms with E-state index in [-0.39, 0.29) is 0 Å². The van der Waals surface area contributed by atoms with Crippen LogP contribution in [0, 0.1) is 11.8 Å². The van der Waals surface area contributed by atoms with E-state index in [1.54, 1.807) is 12.6 Å². The first kappa shape index (κ1) is 12.2. The Bertz CT molecular complexity index is 261. The number of allylic oxidation sites excluding steroid dienone is 4. The van der Waals surface area contributed by atoms with Gasteiger partial charge in [-0.1, -0.05) is 31.6 Å². The summed E-state index contributed by atoms with van der Waals surface area (Å²) in [5.74, 6) is 1.60. The van der Waals surface area contributed by atoms with Gasteiger partial charge in [0.15, 0.2) is 0 Å². The van der Waals surface area contributed by atoms with Crippen LogP contribution in [0.1, 0.15) is 39.5 Å². The van der Waals surface area contributed by atoms with Crippen LogP contribution in [0.2, 0.25) is 0 Å². The molecule has 0 N–H and O–H groups in total. The van der Waals surface area contributed by atoms with E-state index in [4.69, 9.17) is 0 Å². The van der Waals surface area contributed by atoms with Crippen LogP contribution in [0.4, 0.5) is 0 Å². The third-order valence-corrected chi connectivity index (χ3v) is 3.30. The summed E-state index contributed by atoms with van der Waals surface area (Å²) in [7, 11) is 1.81. The van der Waals surface area contributed by atoms with Crippen molar-refractivity contribution in [1.29, 1.82) is 0 Å². The lowest BCUT2D eigenvalue weighted by Crippen LogP contribution is -2.11. The molecule has 84 valence electrons. The maximum Gasteiger partial charge on any atom is 0.0277 e. The van der Waals surface area contributed by atoms with Crippen molar-refractivity contribution in [3.05, 3.63) is 23.8 Å². The summed E-state index contributed by atoms with van der Waals surface area (Å²) >= 11 is 0. The van der Waals surface area contributed by atoms with Crippen molar-refractivity contribution in [3.63, 3.8) is 0 Å². The van der Waals surface area contributed by atoms with Crippen LogP contribution in [0.5, 0.6) is 0 Å². The zero-order chi connectivity index (χ0) is 11.1. The Labute approximate surface area is 94.0 Å². The van der Waals surface area contributed by atoms with Crippen molar-refractivity contribution in [2.75, 3.05) is 7.05 Å². The summed E-state index contributed by atoms with van der Waals surface area (Å²) in [6, 6.07) is 0. The number of nitrogens with zero attached hydrogens (tertiary/aromatic N) is 1. The van der Waals surface area contributed by atoms with Gasteiger partial charge in [-0.2, -0.15) is 0 Å². The smallest absolute Gasteiger partial charge is 0.0277 e. The highest BCUT2D eigenvalue weighted by Gasteiger charge is 2.17. The molecule has 15 heavy (non-hydrogen) atoms. The van der Waals surface area contributed by atoms with Crippen molar-refractivity contribution in [2.24, 2.45) is 16.8 Å². The van der Waals surface area contributed by atoms with Gasteiger partial charge in [0.1, 0.15) is 0 Å². The molecule has 0 saturated carbocycles. The standard InChI is InChI=1S/C14H23N/c1-4-13-9-8-12(2)14(11-13)7-5-6-10-15-3/h5-6,10-13H,4,7-9H2,1-3H3/b6-5-,15-10?/t12?,13-/m0/s1. The second-order valence-electron chi connectivity index (χ2n) is 4.43. The lowest BCUT2D eigenvalue weighted by molar-refractivity contribution is 0.443. The highest BCUT2D eigenvalue weighted by Crippen LogP contribution is 2.31. The van der Waals surface area contributed by atoms with E-state index >= 15 is 0 Å². The van der Waals surface area contributed by atoms with E-state index in [0.29, 0.717) is 0 Å². The van der Waals surface area contributed by atoms with E-state index < -0.39 is 0 Å². The second-order valence-corrected chi connectivity index (χ2v) is 4.43. The van der Waals surface area contributed by atoms with Gasteiger partial charge in [-0.25, -0.2) is 0 Å². The molecular weight excluding hydrogens is 182 g/mol. The molecule has 1 rings (SSSR count). The van der Waals surface area contributed by atoms with Crippen molar-refractivity contribution < 1.29 is 0 Å². The Morgan fingerprint density at radius 1 is 1.47 bits per heavy atom. The van der Waals surface area contributed by atoms with Gasteiger partial charge < -0.3 is 0 Å². The quantitative estimate of drug-likeness (QED) is 0.485. The molecule has 0 bridgehead atoms. The Kier molecular flexibility index (Phi) is 5.38. The fourth-order valence-corrected chi connectivity index (χ4v) is 2.14. The van der Waals surface area contributed by atoms with E-state index in [9.17, 15) is 0 Å². The average molecular weight is 205 g/mol. The predicted octanol–water partition coefficient (Wildman–Crippen LogP) is 4.02. The summed E-state index contributed by atoms with van der Waals surface area (Å²) in [5, 5.41) is 0. The predicted molar refractivity (Wildman–Crippen MR) is 68.4 cm³/mol. The summed E-state index contributed by atoms with van der Waals surface area (Å²) in [6.45, 7) is 4.63. The molecule has 2 atom stereocenters. The summed E-state index contributed by atoms with van der Waals surface area (Å²) in [6.07, 6.45) is 13.7. The molecule has 1 aliphatic rings. The van der Waals surface area contributed by atoms with Crippen molar-refractivity contribution in [3.8, 4) is 0 Å². The highest BCUT2D eigenvalue weighted by atomic mass is 14.6. The van der Waals surface area contributed by atoms with Gasteiger partial charge in [-0.15, -0.1) is 0 Å². The third-order valence-electron chi connectivity index (χ3n) is 3.30. The minimum Gasteiger partial charge on any atom is -0.297 e. The van der Waals surface area contributed by atoms with Gasteiger partial charge in [0.25, 0.3) is 0 Å². The maximum absolute atomic E-state index is 3.94. The Morgan fingerprint density at radius 3 is 2.93 bits per heavy atom. The van der Waals surface area contributed by atoms with Gasteiger partial charge in [0, 0.05) is 13.3 Å². The van der Waals surface area contributed by atoms with E-state index in [0.717, 1.165) is 18.3 Å². The largest absolute Gasteiger partial charge is 0.297 e. The van der Waals surface area contributed by atoms with Gasteiger partial charge in [-0.05, 0) is 43.6 Å². The van der Waals surface area contributed by atoms with E-state index in [1.807, 2.05) is 12.3 Å². The van der Waals surface area contributed by atoms with Crippen molar-refractivity contribution >= 4 is 6.21 Å². The normalized spacial score (nSPS) is 27.5. The minimum absolute atomic E-state index is 0.774. The van der Waals surface area contributed by atoms with Gasteiger partial charge >= 0.3 is 0 Å². The molecule has 1 heteroatoms. The summed E-state index contributed by atoms with van der Waals surface area (Å²) in [5.41, 5.74) is 1.62. The molecule has 0 heterocycles. The van der Waals surface area contributed by atoms with Crippen LogP contribution in [-0.4, -0.2) is 13.3 Å². The molecule has 1 nitrogen and oxygen atoms in total. The first-order valence-electron chi connectivity index (χ1n) is 6.05. The first-order chi connectivity index (χ1) is 7.27. The number of aliphatic imine (C=N–C) groups is 1. The van der Waals surface area contributed by atoms with E-state index in [2.05, 4.69) is 31.0 Å².